The van der Waals surface area contributed by atoms with Gasteiger partial charge in [0.2, 0.25) is 11.2 Å². The molecule has 21 heavy (non-hydrogen) atoms. The highest BCUT2D eigenvalue weighted by molar-refractivity contribution is 6.28. The Morgan fingerprint density at radius 2 is 2.00 bits per heavy atom. The summed E-state index contributed by atoms with van der Waals surface area (Å²) in [5, 5.41) is 3.90. The van der Waals surface area contributed by atoms with E-state index in [-0.39, 0.29) is 23.0 Å². The molecular formula is C12H9ClFN7. The molecule has 0 saturated heterocycles. The van der Waals surface area contributed by atoms with Crippen LogP contribution < -0.4 is 4.90 Å². The molecule has 7 nitrogen and oxygen atoms in total. The fourth-order valence-electron chi connectivity index (χ4n) is 1.72. The van der Waals surface area contributed by atoms with Crippen molar-refractivity contribution in [2.75, 3.05) is 11.9 Å². The normalized spacial score (nSPS) is 10.6. The third-order valence-corrected chi connectivity index (χ3v) is 2.89. The first-order valence-corrected chi connectivity index (χ1v) is 6.28. The van der Waals surface area contributed by atoms with Crippen LogP contribution in [-0.4, -0.2) is 36.8 Å². The second-order valence-electron chi connectivity index (χ2n) is 4.05. The summed E-state index contributed by atoms with van der Waals surface area (Å²) in [7, 11) is 1.63. The molecule has 0 aliphatic carbocycles. The van der Waals surface area contributed by atoms with Gasteiger partial charge in [-0.15, -0.1) is 0 Å². The molecule has 0 aliphatic rings. The zero-order valence-electron chi connectivity index (χ0n) is 10.9. The van der Waals surface area contributed by atoms with Gasteiger partial charge in [0.1, 0.15) is 18.5 Å². The molecule has 0 radical (unpaired) electrons. The van der Waals surface area contributed by atoms with Gasteiger partial charge in [-0.1, -0.05) is 12.1 Å². The molecule has 3 aromatic rings. The van der Waals surface area contributed by atoms with Crippen LogP contribution in [0, 0.1) is 5.82 Å². The highest BCUT2D eigenvalue weighted by Gasteiger charge is 2.15. The summed E-state index contributed by atoms with van der Waals surface area (Å²) in [4.78, 5) is 17.5. The zero-order valence-corrected chi connectivity index (χ0v) is 11.6. The van der Waals surface area contributed by atoms with Gasteiger partial charge in [0.05, 0.1) is 5.69 Å². The van der Waals surface area contributed by atoms with Crippen LogP contribution in [0.25, 0.3) is 5.95 Å². The molecule has 1 aromatic carbocycles. The van der Waals surface area contributed by atoms with Crippen molar-refractivity contribution < 1.29 is 4.39 Å². The number of para-hydroxylation sites is 1. The number of hydrogen-bond acceptors (Lipinski definition) is 6. The predicted molar refractivity (Wildman–Crippen MR) is 74.2 cm³/mol. The Bertz CT molecular complexity index is 762. The average Bonchev–Trinajstić information content (AvgIpc) is 3.01. The minimum absolute atomic E-state index is 0.0197. The zero-order chi connectivity index (χ0) is 14.8. The lowest BCUT2D eigenvalue weighted by Crippen LogP contribution is -2.17. The molecule has 2 aromatic heterocycles. The van der Waals surface area contributed by atoms with Gasteiger partial charge in [-0.2, -0.15) is 24.7 Å². The quantitative estimate of drug-likeness (QED) is 0.737. The molecule has 3 rings (SSSR count). The van der Waals surface area contributed by atoms with E-state index in [9.17, 15) is 4.39 Å². The highest BCUT2D eigenvalue weighted by atomic mass is 35.5. The Balaban J connectivity index is 2.05. The first-order valence-electron chi connectivity index (χ1n) is 5.90. The van der Waals surface area contributed by atoms with Crippen LogP contribution in [0.5, 0.6) is 0 Å². The fraction of sp³-hybridized carbons (Fsp3) is 0.0833. The molecule has 0 amide bonds. The van der Waals surface area contributed by atoms with Gasteiger partial charge < -0.3 is 4.90 Å². The van der Waals surface area contributed by atoms with Crippen LogP contribution in [0.15, 0.2) is 36.9 Å². The molecule has 0 saturated carbocycles. The lowest BCUT2D eigenvalue weighted by atomic mass is 10.3. The molecule has 0 spiro atoms. The summed E-state index contributed by atoms with van der Waals surface area (Å²) < 4.78 is 15.2. The van der Waals surface area contributed by atoms with Crippen LogP contribution in [-0.2, 0) is 0 Å². The Morgan fingerprint density at radius 1 is 1.19 bits per heavy atom. The van der Waals surface area contributed by atoms with Gasteiger partial charge in [0.25, 0.3) is 5.95 Å². The van der Waals surface area contributed by atoms with E-state index in [1.54, 1.807) is 25.2 Å². The molecule has 0 bridgehead atoms. The Labute approximate surface area is 124 Å². The third kappa shape index (κ3) is 2.65. The maximum atomic E-state index is 13.8. The summed E-state index contributed by atoms with van der Waals surface area (Å²) >= 11 is 5.89. The average molecular weight is 306 g/mol. The lowest BCUT2D eigenvalue weighted by molar-refractivity contribution is 0.626. The molecule has 0 N–H and O–H groups in total. The Morgan fingerprint density at radius 3 is 2.71 bits per heavy atom. The van der Waals surface area contributed by atoms with E-state index in [2.05, 4.69) is 25.0 Å². The number of nitrogens with zero attached hydrogens (tertiary/aromatic N) is 7. The van der Waals surface area contributed by atoms with Gasteiger partial charge in [-0.25, -0.2) is 9.37 Å². The van der Waals surface area contributed by atoms with Crippen LogP contribution in [0.4, 0.5) is 16.0 Å². The smallest absolute Gasteiger partial charge is 0.258 e. The molecular weight excluding hydrogens is 297 g/mol. The van der Waals surface area contributed by atoms with Gasteiger partial charge in [0, 0.05) is 7.05 Å². The number of rotatable bonds is 3. The monoisotopic (exact) mass is 305 g/mol. The summed E-state index contributed by atoms with van der Waals surface area (Å²) in [5.41, 5.74) is 0.323. The van der Waals surface area contributed by atoms with Crippen molar-refractivity contribution in [2.24, 2.45) is 0 Å². The molecule has 106 valence electrons. The minimum atomic E-state index is -0.390. The number of hydrogen-bond donors (Lipinski definition) is 0. The van der Waals surface area contributed by atoms with E-state index in [1.165, 1.54) is 28.3 Å². The fourth-order valence-corrected chi connectivity index (χ4v) is 1.88. The maximum absolute atomic E-state index is 13.8. The number of anilines is 2. The van der Waals surface area contributed by atoms with Crippen LogP contribution in [0.3, 0.4) is 0 Å². The Kier molecular flexibility index (Phi) is 3.44. The topological polar surface area (TPSA) is 72.6 Å². The van der Waals surface area contributed by atoms with E-state index in [1.807, 2.05) is 0 Å². The van der Waals surface area contributed by atoms with Crippen molar-refractivity contribution in [3.05, 3.63) is 48.0 Å². The largest absolute Gasteiger partial charge is 0.311 e. The van der Waals surface area contributed by atoms with Crippen LogP contribution in [0.2, 0.25) is 5.28 Å². The minimum Gasteiger partial charge on any atom is -0.311 e. The Hall–Kier alpha value is -2.61. The highest BCUT2D eigenvalue weighted by Crippen LogP contribution is 2.24. The summed E-state index contributed by atoms with van der Waals surface area (Å²) in [6.07, 6.45) is 2.77. The van der Waals surface area contributed by atoms with Crippen molar-refractivity contribution >= 4 is 23.2 Å². The first kappa shape index (κ1) is 13.4. The van der Waals surface area contributed by atoms with Gasteiger partial charge in [-0.05, 0) is 23.7 Å². The molecule has 0 fully saturated rings. The van der Waals surface area contributed by atoms with E-state index in [0.29, 0.717) is 5.69 Å². The van der Waals surface area contributed by atoms with Crippen molar-refractivity contribution in [1.82, 2.24) is 29.7 Å². The molecule has 0 unspecified atom stereocenters. The lowest BCUT2D eigenvalue weighted by Gasteiger charge is -2.18. The molecule has 0 aliphatic heterocycles. The van der Waals surface area contributed by atoms with Crippen LogP contribution >= 0.6 is 11.6 Å². The predicted octanol–water partition coefficient (Wildman–Crippen LogP) is 2.01. The molecule has 2 heterocycles. The van der Waals surface area contributed by atoms with Crippen molar-refractivity contribution in [3.8, 4) is 5.95 Å². The number of aromatic nitrogens is 6. The second-order valence-corrected chi connectivity index (χ2v) is 4.39. The van der Waals surface area contributed by atoms with Crippen LogP contribution in [0.1, 0.15) is 0 Å². The summed E-state index contributed by atoms with van der Waals surface area (Å²) in [5.74, 6) is 0.00938. The number of benzene rings is 1. The van der Waals surface area contributed by atoms with Crippen molar-refractivity contribution in [2.45, 2.75) is 0 Å². The molecule has 9 heteroatoms. The first-order chi connectivity index (χ1) is 10.1. The standard InChI is InChI=1S/C12H9ClFN7/c1-20(9-5-3-2-4-8(9)14)11-17-10(13)18-12(19-11)21-7-15-6-16-21/h2-7H,1H3. The van der Waals surface area contributed by atoms with Gasteiger partial charge in [-0.3, -0.25) is 0 Å². The molecule has 0 atom stereocenters. The second kappa shape index (κ2) is 5.41. The van der Waals surface area contributed by atoms with E-state index >= 15 is 0 Å². The maximum Gasteiger partial charge on any atom is 0.258 e. The third-order valence-electron chi connectivity index (χ3n) is 2.72. The number of halogens is 2. The van der Waals surface area contributed by atoms with Gasteiger partial charge in [0.15, 0.2) is 0 Å². The summed E-state index contributed by atoms with van der Waals surface area (Å²) in [6, 6.07) is 6.29. The van der Waals surface area contributed by atoms with E-state index in [0.717, 1.165) is 0 Å². The van der Waals surface area contributed by atoms with Crippen molar-refractivity contribution in [1.29, 1.82) is 0 Å². The SMILES string of the molecule is CN(c1nc(Cl)nc(-n2cncn2)n1)c1ccccc1F. The van der Waals surface area contributed by atoms with Crippen molar-refractivity contribution in [3.63, 3.8) is 0 Å². The van der Waals surface area contributed by atoms with E-state index in [4.69, 9.17) is 11.6 Å². The van der Waals surface area contributed by atoms with Gasteiger partial charge >= 0.3 is 0 Å². The summed E-state index contributed by atoms with van der Waals surface area (Å²) in [6.45, 7) is 0. The van der Waals surface area contributed by atoms with E-state index < -0.39 is 0 Å².